The van der Waals surface area contributed by atoms with Gasteiger partial charge in [-0.05, 0) is 44.0 Å². The van der Waals surface area contributed by atoms with Crippen LogP contribution < -0.4 is 15.2 Å². The van der Waals surface area contributed by atoms with Crippen LogP contribution in [0.2, 0.25) is 0 Å². The minimum absolute atomic E-state index is 0.754. The Morgan fingerprint density at radius 1 is 1.26 bits per heavy atom. The quantitative estimate of drug-likeness (QED) is 0.645. The van der Waals surface area contributed by atoms with E-state index in [0.29, 0.717) is 0 Å². The van der Waals surface area contributed by atoms with Gasteiger partial charge in [0.15, 0.2) is 5.13 Å². The van der Waals surface area contributed by atoms with Crippen molar-refractivity contribution in [3.05, 3.63) is 34.3 Å². The molecule has 0 aliphatic carbocycles. The summed E-state index contributed by atoms with van der Waals surface area (Å²) in [6.45, 7) is 4.02. The molecule has 5 nitrogen and oxygen atoms in total. The number of benzene rings is 1. The molecule has 0 fully saturated rings. The van der Waals surface area contributed by atoms with Crippen LogP contribution in [0.5, 0.6) is 5.75 Å². The number of aryl methyl sites for hydroxylation is 2. The third-order valence-corrected chi connectivity index (χ3v) is 5.57. The third kappa shape index (κ3) is 3.50. The highest BCUT2D eigenvalue weighted by molar-refractivity contribution is 7.97. The number of nitrogens with zero attached hydrogens (tertiary/aromatic N) is 2. The molecule has 0 amide bonds. The fourth-order valence-electron chi connectivity index (χ4n) is 2.18. The van der Waals surface area contributed by atoms with Crippen molar-refractivity contribution >= 4 is 45.4 Å². The van der Waals surface area contributed by atoms with Gasteiger partial charge in [0.2, 0.25) is 0 Å². The summed E-state index contributed by atoms with van der Waals surface area (Å²) in [5, 5.41) is 12.8. The maximum atomic E-state index is 5.63. The van der Waals surface area contributed by atoms with Crippen molar-refractivity contribution in [2.75, 3.05) is 12.4 Å². The average Bonchev–Trinajstić information content (AvgIpc) is 3.13. The summed E-state index contributed by atoms with van der Waals surface area (Å²) in [7, 11) is 1.65. The molecule has 1 aromatic carbocycles. The van der Waals surface area contributed by atoms with Gasteiger partial charge in [0, 0.05) is 10.3 Å². The molecule has 0 unspecified atom stereocenters. The molecule has 0 aliphatic rings. The number of rotatable bonds is 5. The fourth-order valence-corrected chi connectivity index (χ4v) is 4.18. The molecular weight excluding hydrogens is 348 g/mol. The monoisotopic (exact) mass is 364 g/mol. The van der Waals surface area contributed by atoms with Gasteiger partial charge in [-0.3, -0.25) is 5.14 Å². The summed E-state index contributed by atoms with van der Waals surface area (Å²) < 4.78 is 5.39. The lowest BCUT2D eigenvalue weighted by Crippen LogP contribution is -1.95. The lowest BCUT2D eigenvalue weighted by atomic mass is 10.3. The highest BCUT2D eigenvalue weighted by Crippen LogP contribution is 2.35. The maximum Gasteiger partial charge on any atom is 0.187 e. The molecular formula is C15H16N4OS3. The average molecular weight is 365 g/mol. The van der Waals surface area contributed by atoms with Gasteiger partial charge in [-0.25, -0.2) is 9.97 Å². The molecule has 0 radical (unpaired) electrons. The van der Waals surface area contributed by atoms with E-state index in [4.69, 9.17) is 9.88 Å². The number of aromatic nitrogens is 2. The summed E-state index contributed by atoms with van der Waals surface area (Å²) in [5.41, 5.74) is 2.81. The molecule has 0 bridgehead atoms. The first kappa shape index (κ1) is 16.3. The zero-order valence-electron chi connectivity index (χ0n) is 12.9. The first-order valence-corrected chi connectivity index (χ1v) is 9.40. The van der Waals surface area contributed by atoms with Crippen LogP contribution in [0.4, 0.5) is 10.8 Å². The summed E-state index contributed by atoms with van der Waals surface area (Å²) in [4.78, 5) is 11.2. The molecule has 0 atom stereocenters. The van der Waals surface area contributed by atoms with E-state index in [1.807, 2.05) is 37.4 Å². The third-order valence-electron chi connectivity index (χ3n) is 3.19. The summed E-state index contributed by atoms with van der Waals surface area (Å²) in [6, 6.07) is 5.76. The molecule has 23 heavy (non-hydrogen) atoms. The van der Waals surface area contributed by atoms with E-state index in [0.717, 1.165) is 42.7 Å². The maximum absolute atomic E-state index is 5.63. The Hall–Kier alpha value is -1.61. The number of ether oxygens (including phenoxy) is 1. The Morgan fingerprint density at radius 2 is 2.09 bits per heavy atom. The number of nitrogens with two attached hydrogens (primary N) is 1. The van der Waals surface area contributed by atoms with Crippen molar-refractivity contribution in [1.82, 2.24) is 9.97 Å². The highest BCUT2D eigenvalue weighted by atomic mass is 32.2. The van der Waals surface area contributed by atoms with Crippen molar-refractivity contribution in [2.24, 2.45) is 5.14 Å². The lowest BCUT2D eigenvalue weighted by molar-refractivity contribution is 0.416. The molecule has 0 saturated heterocycles. The van der Waals surface area contributed by atoms with Crippen molar-refractivity contribution in [2.45, 2.75) is 18.7 Å². The van der Waals surface area contributed by atoms with E-state index < -0.39 is 0 Å². The van der Waals surface area contributed by atoms with E-state index >= 15 is 0 Å². The normalized spacial score (nSPS) is 10.8. The topological polar surface area (TPSA) is 73.1 Å². The number of hydrogen-bond acceptors (Lipinski definition) is 8. The second-order valence-corrected chi connectivity index (χ2v) is 7.56. The Kier molecular flexibility index (Phi) is 4.86. The fraction of sp³-hybridized carbons (Fsp3) is 0.200. The van der Waals surface area contributed by atoms with Crippen molar-refractivity contribution in [3.8, 4) is 16.3 Å². The van der Waals surface area contributed by atoms with Gasteiger partial charge >= 0.3 is 0 Å². The molecule has 3 N–H and O–H groups in total. The van der Waals surface area contributed by atoms with Gasteiger partial charge in [-0.2, -0.15) is 0 Å². The van der Waals surface area contributed by atoms with Gasteiger partial charge < -0.3 is 10.1 Å². The Morgan fingerprint density at radius 3 is 2.74 bits per heavy atom. The molecule has 0 saturated carbocycles. The van der Waals surface area contributed by atoms with E-state index in [1.54, 1.807) is 29.8 Å². The summed E-state index contributed by atoms with van der Waals surface area (Å²) in [5.74, 6) is 0.754. The van der Waals surface area contributed by atoms with Crippen LogP contribution in [-0.2, 0) is 0 Å². The lowest BCUT2D eigenvalue weighted by Gasteiger charge is -2.10. The first-order valence-electron chi connectivity index (χ1n) is 6.82. The Bertz CT molecular complexity index is 828. The van der Waals surface area contributed by atoms with Gasteiger partial charge in [0.25, 0.3) is 0 Å². The number of hydrogen-bond donors (Lipinski definition) is 2. The second-order valence-electron chi connectivity index (χ2n) is 4.79. The number of nitrogens with one attached hydrogen (secondary N) is 1. The molecule has 8 heteroatoms. The van der Waals surface area contributed by atoms with Crippen molar-refractivity contribution in [3.63, 3.8) is 0 Å². The van der Waals surface area contributed by atoms with Crippen molar-refractivity contribution < 1.29 is 4.74 Å². The van der Waals surface area contributed by atoms with Gasteiger partial charge in [0.05, 0.1) is 34.1 Å². The number of anilines is 2. The van der Waals surface area contributed by atoms with E-state index in [-0.39, 0.29) is 0 Å². The molecule has 2 heterocycles. The highest BCUT2D eigenvalue weighted by Gasteiger charge is 2.13. The predicted octanol–water partition coefficient (Wildman–Crippen LogP) is 4.60. The zero-order chi connectivity index (χ0) is 16.4. The van der Waals surface area contributed by atoms with E-state index in [9.17, 15) is 0 Å². The summed E-state index contributed by atoms with van der Waals surface area (Å²) in [6.07, 6.45) is 0. The Labute approximate surface area is 147 Å². The summed E-state index contributed by atoms with van der Waals surface area (Å²) >= 11 is 4.41. The number of thiazole rings is 2. The smallest absolute Gasteiger partial charge is 0.187 e. The SMILES string of the molecule is COc1ccc(SN)cc1Nc1nc(-c2sc(C)nc2C)cs1. The molecule has 0 spiro atoms. The van der Waals surface area contributed by atoms with Crippen LogP contribution >= 0.6 is 34.6 Å². The van der Waals surface area contributed by atoms with Crippen LogP contribution in [0.15, 0.2) is 28.5 Å². The van der Waals surface area contributed by atoms with Crippen molar-refractivity contribution in [1.29, 1.82) is 0 Å². The van der Waals surface area contributed by atoms with E-state index in [1.165, 1.54) is 11.9 Å². The van der Waals surface area contributed by atoms with Crippen LogP contribution in [-0.4, -0.2) is 17.1 Å². The molecule has 2 aromatic heterocycles. The number of methoxy groups -OCH3 is 1. The molecule has 0 aliphatic heterocycles. The minimum atomic E-state index is 0.754. The molecule has 3 aromatic rings. The first-order chi connectivity index (χ1) is 11.1. The predicted molar refractivity (Wildman–Crippen MR) is 99.0 cm³/mol. The van der Waals surface area contributed by atoms with Gasteiger partial charge in [0.1, 0.15) is 5.75 Å². The van der Waals surface area contributed by atoms with E-state index in [2.05, 4.69) is 15.3 Å². The van der Waals surface area contributed by atoms with Crippen LogP contribution in [0, 0.1) is 13.8 Å². The van der Waals surface area contributed by atoms with Crippen LogP contribution in [0.1, 0.15) is 10.7 Å². The van der Waals surface area contributed by atoms with Gasteiger partial charge in [-0.15, -0.1) is 22.7 Å². The Balaban J connectivity index is 1.89. The van der Waals surface area contributed by atoms with Gasteiger partial charge in [-0.1, -0.05) is 0 Å². The van der Waals surface area contributed by atoms with Crippen LogP contribution in [0.3, 0.4) is 0 Å². The molecule has 3 rings (SSSR count). The largest absolute Gasteiger partial charge is 0.495 e. The zero-order valence-corrected chi connectivity index (χ0v) is 15.4. The minimum Gasteiger partial charge on any atom is -0.495 e. The van der Waals surface area contributed by atoms with Crippen LogP contribution in [0.25, 0.3) is 10.6 Å². The molecule has 120 valence electrons. The standard InChI is InChI=1S/C15H16N4OS3/c1-8-14(22-9(2)17-8)12-7-21-15(19-12)18-11-6-10(23-16)4-5-13(11)20-3/h4-7H,16H2,1-3H3,(H,18,19). The second kappa shape index (κ2) is 6.88.